The molecule has 0 saturated heterocycles. The second-order valence-electron chi connectivity index (χ2n) is 4.73. The Labute approximate surface area is 132 Å². The summed E-state index contributed by atoms with van der Waals surface area (Å²) in [5.41, 5.74) is 2.04. The lowest BCUT2D eigenvalue weighted by Crippen LogP contribution is -2.05. The molecule has 0 fully saturated rings. The maximum Gasteiger partial charge on any atom is 0.221 e. The zero-order valence-electron chi connectivity index (χ0n) is 11.1. The number of hydrogen-bond donors (Lipinski definition) is 0. The molecule has 3 heterocycles. The molecule has 1 aromatic carbocycles. The van der Waals surface area contributed by atoms with Gasteiger partial charge in [-0.15, -0.1) is 5.10 Å². The Balaban J connectivity index is 1.82. The van der Waals surface area contributed by atoms with E-state index in [1.807, 2.05) is 12.1 Å². The largest absolute Gasteiger partial charge is 0.256 e. The smallest absolute Gasteiger partial charge is 0.221 e. The first kappa shape index (κ1) is 13.2. The average Bonchev–Trinajstić information content (AvgIpc) is 2.90. The van der Waals surface area contributed by atoms with E-state index in [9.17, 15) is 4.39 Å². The summed E-state index contributed by atoms with van der Waals surface area (Å²) in [6.07, 6.45) is 3.18. The van der Waals surface area contributed by atoms with Gasteiger partial charge in [0.1, 0.15) is 10.4 Å². The second kappa shape index (κ2) is 5.06. The van der Waals surface area contributed by atoms with E-state index in [1.54, 1.807) is 18.5 Å². The predicted octanol–water partition coefficient (Wildman–Crippen LogP) is 2.72. The monoisotopic (exact) mass is 358 g/mol. The summed E-state index contributed by atoms with van der Waals surface area (Å²) < 4.78 is 16.3. The van der Waals surface area contributed by atoms with Crippen molar-refractivity contribution in [3.63, 3.8) is 0 Å². The van der Waals surface area contributed by atoms with Crippen LogP contribution in [0, 0.1) is 5.82 Å². The molecular formula is C14H8BrFN6. The van der Waals surface area contributed by atoms with Gasteiger partial charge in [-0.2, -0.15) is 0 Å². The summed E-state index contributed by atoms with van der Waals surface area (Å²) in [5, 5.41) is 8.79. The van der Waals surface area contributed by atoms with Crippen LogP contribution < -0.4 is 0 Å². The third-order valence-electron chi connectivity index (χ3n) is 3.29. The fraction of sp³-hybridized carbons (Fsp3) is 0.0714. The first-order valence-electron chi connectivity index (χ1n) is 6.45. The molecule has 3 aromatic heterocycles. The number of rotatable bonds is 2. The molecule has 22 heavy (non-hydrogen) atoms. The van der Waals surface area contributed by atoms with Gasteiger partial charge in [-0.05, 0) is 28.1 Å². The van der Waals surface area contributed by atoms with Gasteiger partial charge < -0.3 is 0 Å². The van der Waals surface area contributed by atoms with Crippen LogP contribution in [0.25, 0.3) is 22.2 Å². The van der Waals surface area contributed by atoms with Gasteiger partial charge in [0.2, 0.25) is 5.65 Å². The highest BCUT2D eigenvalue weighted by Crippen LogP contribution is 2.19. The molecule has 0 N–H and O–H groups in total. The summed E-state index contributed by atoms with van der Waals surface area (Å²) in [5.74, 6) is -0.335. The Morgan fingerprint density at radius 2 is 2.14 bits per heavy atom. The molecule has 0 aliphatic heterocycles. The molecule has 0 aliphatic carbocycles. The Kier molecular flexibility index (Phi) is 3.04. The van der Waals surface area contributed by atoms with Gasteiger partial charge in [0.05, 0.1) is 18.3 Å². The molecule has 0 aliphatic rings. The summed E-state index contributed by atoms with van der Waals surface area (Å²) in [4.78, 5) is 12.5. The maximum absolute atomic E-state index is 14.2. The molecule has 0 amide bonds. The van der Waals surface area contributed by atoms with Gasteiger partial charge >= 0.3 is 0 Å². The number of nitrogens with zero attached hydrogens (tertiary/aromatic N) is 6. The van der Waals surface area contributed by atoms with Crippen molar-refractivity contribution in [3.05, 3.63) is 52.6 Å². The van der Waals surface area contributed by atoms with E-state index in [-0.39, 0.29) is 12.4 Å². The van der Waals surface area contributed by atoms with E-state index < -0.39 is 0 Å². The minimum Gasteiger partial charge on any atom is -0.256 e. The molecular weight excluding hydrogens is 351 g/mol. The number of hydrogen-bond acceptors (Lipinski definition) is 5. The SMILES string of the molecule is Fc1cc2ncccc2cc1Cn1nnc2ncc(Br)nc21. The highest BCUT2D eigenvalue weighted by Gasteiger charge is 2.12. The molecule has 0 atom stereocenters. The van der Waals surface area contributed by atoms with Crippen LogP contribution in [-0.2, 0) is 6.54 Å². The van der Waals surface area contributed by atoms with E-state index in [0.29, 0.717) is 27.0 Å². The van der Waals surface area contributed by atoms with Crippen molar-refractivity contribution < 1.29 is 4.39 Å². The van der Waals surface area contributed by atoms with Crippen molar-refractivity contribution in [2.24, 2.45) is 0 Å². The predicted molar refractivity (Wildman–Crippen MR) is 81.6 cm³/mol. The maximum atomic E-state index is 14.2. The van der Waals surface area contributed by atoms with Crippen molar-refractivity contribution in [1.29, 1.82) is 0 Å². The summed E-state index contributed by atoms with van der Waals surface area (Å²) >= 11 is 3.26. The van der Waals surface area contributed by atoms with E-state index in [4.69, 9.17) is 0 Å². The van der Waals surface area contributed by atoms with Crippen molar-refractivity contribution in [1.82, 2.24) is 29.9 Å². The van der Waals surface area contributed by atoms with E-state index in [2.05, 4.69) is 41.2 Å². The summed E-state index contributed by atoms with van der Waals surface area (Å²) in [7, 11) is 0. The van der Waals surface area contributed by atoms with Crippen molar-refractivity contribution >= 4 is 38.1 Å². The lowest BCUT2D eigenvalue weighted by atomic mass is 10.1. The molecule has 8 heteroatoms. The van der Waals surface area contributed by atoms with Crippen LogP contribution in [-0.4, -0.2) is 29.9 Å². The third-order valence-corrected chi connectivity index (χ3v) is 3.67. The standard InChI is InChI=1S/C14H8BrFN6/c15-12-6-18-13-14(19-12)22(21-20-13)7-9-4-8-2-1-3-17-11(8)5-10(9)16/h1-6H,7H2. The molecule has 4 aromatic rings. The topological polar surface area (TPSA) is 69.4 Å². The van der Waals surface area contributed by atoms with Crippen LogP contribution in [0.2, 0.25) is 0 Å². The summed E-state index contributed by atoms with van der Waals surface area (Å²) in [6.45, 7) is 0.221. The fourth-order valence-electron chi connectivity index (χ4n) is 2.27. The molecule has 108 valence electrons. The number of fused-ring (bicyclic) bond motifs is 2. The molecule has 4 rings (SSSR count). The van der Waals surface area contributed by atoms with Crippen molar-refractivity contribution in [2.75, 3.05) is 0 Å². The molecule has 0 unspecified atom stereocenters. The Morgan fingerprint density at radius 1 is 1.23 bits per heavy atom. The molecule has 6 nitrogen and oxygen atoms in total. The normalized spacial score (nSPS) is 11.4. The minimum atomic E-state index is -0.335. The minimum absolute atomic E-state index is 0.221. The van der Waals surface area contributed by atoms with Crippen LogP contribution in [0.15, 0.2) is 41.3 Å². The number of pyridine rings is 1. The Morgan fingerprint density at radius 3 is 3.05 bits per heavy atom. The van der Waals surface area contributed by atoms with Gasteiger partial charge in [0, 0.05) is 23.2 Å². The second-order valence-corrected chi connectivity index (χ2v) is 5.54. The third kappa shape index (κ3) is 2.21. The zero-order chi connectivity index (χ0) is 15.1. The van der Waals surface area contributed by atoms with Crippen LogP contribution in [0.5, 0.6) is 0 Å². The van der Waals surface area contributed by atoms with Crippen LogP contribution in [0.1, 0.15) is 5.56 Å². The van der Waals surface area contributed by atoms with E-state index in [1.165, 1.54) is 10.7 Å². The van der Waals surface area contributed by atoms with E-state index in [0.717, 1.165) is 5.39 Å². The van der Waals surface area contributed by atoms with Crippen molar-refractivity contribution in [3.8, 4) is 0 Å². The van der Waals surface area contributed by atoms with Crippen LogP contribution >= 0.6 is 15.9 Å². The molecule has 0 saturated carbocycles. The fourth-order valence-corrected chi connectivity index (χ4v) is 2.54. The quantitative estimate of drug-likeness (QED) is 0.551. The first-order chi connectivity index (χ1) is 10.7. The average molecular weight is 359 g/mol. The van der Waals surface area contributed by atoms with Gasteiger partial charge in [-0.25, -0.2) is 19.0 Å². The molecule has 0 bridgehead atoms. The molecule has 0 radical (unpaired) electrons. The van der Waals surface area contributed by atoms with Gasteiger partial charge in [-0.3, -0.25) is 4.98 Å². The highest BCUT2D eigenvalue weighted by atomic mass is 79.9. The highest BCUT2D eigenvalue weighted by molar-refractivity contribution is 9.10. The van der Waals surface area contributed by atoms with Gasteiger partial charge in [0.25, 0.3) is 0 Å². The van der Waals surface area contributed by atoms with Crippen molar-refractivity contribution in [2.45, 2.75) is 6.54 Å². The summed E-state index contributed by atoms with van der Waals surface area (Å²) in [6, 6.07) is 6.89. The number of halogens is 2. The van der Waals surface area contributed by atoms with Crippen LogP contribution in [0.3, 0.4) is 0 Å². The lowest BCUT2D eigenvalue weighted by Gasteiger charge is -2.06. The Bertz CT molecular complexity index is 999. The first-order valence-corrected chi connectivity index (χ1v) is 7.25. The van der Waals surface area contributed by atoms with Crippen LogP contribution in [0.4, 0.5) is 4.39 Å². The zero-order valence-corrected chi connectivity index (χ0v) is 12.7. The van der Waals surface area contributed by atoms with Gasteiger partial charge in [-0.1, -0.05) is 11.3 Å². The lowest BCUT2D eigenvalue weighted by molar-refractivity contribution is 0.583. The Hall–Kier alpha value is -2.48. The number of benzene rings is 1. The van der Waals surface area contributed by atoms with Gasteiger partial charge in [0.15, 0.2) is 5.65 Å². The number of aromatic nitrogens is 6. The van der Waals surface area contributed by atoms with E-state index >= 15 is 0 Å². The molecule has 0 spiro atoms.